The summed E-state index contributed by atoms with van der Waals surface area (Å²) in [6, 6.07) is 6.44. The minimum absolute atomic E-state index is 0.182. The molecule has 10 heteroatoms. The Hall–Kier alpha value is -2.27. The molecule has 0 radical (unpaired) electrons. The lowest BCUT2D eigenvalue weighted by Crippen LogP contribution is -3.14. The second kappa shape index (κ2) is 10.2. The largest absolute Gasteiger partial charge is 0.462 e. The first-order chi connectivity index (χ1) is 16.2. The van der Waals surface area contributed by atoms with Crippen molar-refractivity contribution in [2.45, 2.75) is 57.5 Å². The summed E-state index contributed by atoms with van der Waals surface area (Å²) in [4.78, 5) is 28.5. The number of esters is 1. The summed E-state index contributed by atoms with van der Waals surface area (Å²) in [5, 5.41) is 3.38. The van der Waals surface area contributed by atoms with E-state index in [2.05, 4.69) is 19.2 Å². The van der Waals surface area contributed by atoms with Crippen molar-refractivity contribution in [1.82, 2.24) is 4.31 Å². The number of carbonyl (C=O) groups is 2. The van der Waals surface area contributed by atoms with Crippen molar-refractivity contribution < 1.29 is 27.6 Å². The molecule has 2 aliphatic heterocycles. The van der Waals surface area contributed by atoms with Gasteiger partial charge in [0.1, 0.15) is 11.5 Å². The van der Waals surface area contributed by atoms with Crippen LogP contribution in [0.25, 0.3) is 0 Å². The number of anilines is 1. The number of quaternary nitrogens is 1. The second-order valence-corrected chi connectivity index (χ2v) is 12.1. The van der Waals surface area contributed by atoms with Crippen LogP contribution < -0.4 is 10.2 Å². The zero-order valence-corrected chi connectivity index (χ0v) is 21.5. The fourth-order valence-corrected chi connectivity index (χ4v) is 7.33. The van der Waals surface area contributed by atoms with Crippen LogP contribution >= 0.6 is 11.3 Å². The smallest absolute Gasteiger partial charge is 0.341 e. The number of thiophene rings is 1. The number of amides is 1. The lowest BCUT2D eigenvalue weighted by Gasteiger charge is -2.27. The summed E-state index contributed by atoms with van der Waals surface area (Å²) in [6.07, 6.45) is 2.49. The molecule has 0 bridgehead atoms. The van der Waals surface area contributed by atoms with Crippen LogP contribution in [0.15, 0.2) is 29.2 Å². The maximum atomic E-state index is 13.0. The first-order valence-corrected chi connectivity index (χ1v) is 14.1. The number of benzene rings is 1. The van der Waals surface area contributed by atoms with Crippen LogP contribution in [0.5, 0.6) is 0 Å². The monoisotopic (exact) mass is 506 g/mol. The lowest BCUT2D eigenvalue weighted by molar-refractivity contribution is -0.936. The molecule has 4 rings (SSSR count). The maximum absolute atomic E-state index is 13.0. The molecule has 184 valence electrons. The van der Waals surface area contributed by atoms with Crippen LogP contribution in [-0.4, -0.2) is 56.9 Å². The summed E-state index contributed by atoms with van der Waals surface area (Å²) in [5.74, 6) is -0.808. The van der Waals surface area contributed by atoms with Crippen molar-refractivity contribution in [3.05, 3.63) is 45.8 Å². The predicted octanol–water partition coefficient (Wildman–Crippen LogP) is 2.31. The summed E-state index contributed by atoms with van der Waals surface area (Å²) < 4.78 is 32.3. The molecule has 1 atom stereocenters. The van der Waals surface area contributed by atoms with Gasteiger partial charge in [0.25, 0.3) is 5.91 Å². The van der Waals surface area contributed by atoms with Crippen molar-refractivity contribution in [3.63, 3.8) is 0 Å². The fraction of sp³-hybridized carbons (Fsp3) is 0.500. The molecule has 0 aliphatic carbocycles. The molecule has 2 aromatic rings. The van der Waals surface area contributed by atoms with E-state index in [-0.39, 0.29) is 17.4 Å². The van der Waals surface area contributed by atoms with Gasteiger partial charge in [-0.1, -0.05) is 0 Å². The Morgan fingerprint density at radius 2 is 1.85 bits per heavy atom. The van der Waals surface area contributed by atoms with E-state index >= 15 is 0 Å². The van der Waals surface area contributed by atoms with Gasteiger partial charge in [-0.2, -0.15) is 4.31 Å². The zero-order chi connectivity index (χ0) is 24.5. The molecule has 34 heavy (non-hydrogen) atoms. The van der Waals surface area contributed by atoms with Crippen LogP contribution in [0, 0.1) is 0 Å². The molecule has 0 saturated carbocycles. The van der Waals surface area contributed by atoms with Crippen molar-refractivity contribution >= 4 is 38.2 Å². The van der Waals surface area contributed by atoms with Gasteiger partial charge in [0.15, 0.2) is 0 Å². The molecule has 8 nitrogen and oxygen atoms in total. The van der Waals surface area contributed by atoms with E-state index in [4.69, 9.17) is 4.74 Å². The van der Waals surface area contributed by atoms with Gasteiger partial charge in [-0.3, -0.25) is 4.79 Å². The van der Waals surface area contributed by atoms with Gasteiger partial charge in [-0.25, -0.2) is 13.2 Å². The molecular weight excluding hydrogens is 474 g/mol. The van der Waals surface area contributed by atoms with E-state index in [1.54, 1.807) is 6.92 Å². The second-order valence-electron chi connectivity index (χ2n) is 9.01. The molecule has 3 heterocycles. The molecule has 2 N–H and O–H groups in total. The highest BCUT2D eigenvalue weighted by molar-refractivity contribution is 7.89. The molecule has 1 unspecified atom stereocenters. The van der Waals surface area contributed by atoms with E-state index in [1.165, 1.54) is 44.8 Å². The summed E-state index contributed by atoms with van der Waals surface area (Å²) in [5.41, 5.74) is 1.75. The van der Waals surface area contributed by atoms with Gasteiger partial charge in [0.2, 0.25) is 10.0 Å². The van der Waals surface area contributed by atoms with E-state index in [9.17, 15) is 18.0 Å². The average molecular weight is 507 g/mol. The number of fused-ring (bicyclic) bond motifs is 1. The SMILES string of the molecule is CCOC(=O)c1c(NC(=O)c2ccc(S(=O)(=O)N3CCCC3)cc2)sc2c1CC[NH+](C(C)C)C2. The number of sulfonamides is 1. The number of ether oxygens (including phenoxy) is 1. The Kier molecular flexibility index (Phi) is 7.42. The Labute approximate surface area is 204 Å². The van der Waals surface area contributed by atoms with E-state index in [1.807, 2.05) is 0 Å². The highest BCUT2D eigenvalue weighted by atomic mass is 32.2. The van der Waals surface area contributed by atoms with E-state index in [0.717, 1.165) is 42.8 Å². The van der Waals surface area contributed by atoms with Crippen molar-refractivity contribution in [1.29, 1.82) is 0 Å². The topological polar surface area (TPSA) is 97.2 Å². The van der Waals surface area contributed by atoms with Gasteiger partial charge in [0, 0.05) is 25.1 Å². The number of hydrogen-bond donors (Lipinski definition) is 2. The average Bonchev–Trinajstić information content (AvgIpc) is 3.47. The molecule has 2 aliphatic rings. The Morgan fingerprint density at radius 1 is 1.18 bits per heavy atom. The zero-order valence-electron chi connectivity index (χ0n) is 19.8. The molecule has 1 saturated heterocycles. The fourth-order valence-electron chi connectivity index (χ4n) is 4.53. The number of rotatable bonds is 7. The third kappa shape index (κ3) is 4.91. The van der Waals surface area contributed by atoms with Gasteiger partial charge in [-0.05, 0) is 63.4 Å². The summed E-state index contributed by atoms with van der Waals surface area (Å²) in [6.45, 7) is 9.16. The molecule has 1 fully saturated rings. The van der Waals surface area contributed by atoms with Crippen LogP contribution in [0.1, 0.15) is 64.8 Å². The lowest BCUT2D eigenvalue weighted by atomic mass is 10.0. The first-order valence-electron chi connectivity index (χ1n) is 11.8. The Morgan fingerprint density at radius 3 is 2.47 bits per heavy atom. The summed E-state index contributed by atoms with van der Waals surface area (Å²) >= 11 is 1.43. The van der Waals surface area contributed by atoms with E-state index in [0.29, 0.717) is 35.3 Å². The highest BCUT2D eigenvalue weighted by Crippen LogP contribution is 2.36. The predicted molar refractivity (Wildman–Crippen MR) is 131 cm³/mol. The van der Waals surface area contributed by atoms with Crippen LogP contribution in [-0.2, 0) is 27.7 Å². The maximum Gasteiger partial charge on any atom is 0.341 e. The number of hydrogen-bond acceptors (Lipinski definition) is 6. The molecular formula is C24H32N3O5S2+. The van der Waals surface area contributed by atoms with Gasteiger partial charge < -0.3 is 15.0 Å². The normalized spacial score (nSPS) is 18.6. The van der Waals surface area contributed by atoms with E-state index < -0.39 is 16.0 Å². The van der Waals surface area contributed by atoms with Gasteiger partial charge >= 0.3 is 5.97 Å². The third-order valence-corrected chi connectivity index (χ3v) is 9.58. The number of nitrogens with zero attached hydrogens (tertiary/aromatic N) is 1. The van der Waals surface area contributed by atoms with Crippen LogP contribution in [0.3, 0.4) is 0 Å². The standard InChI is InChI=1S/C24H31N3O5S2/c1-4-32-24(29)21-19-11-14-26(16(2)3)15-20(19)33-23(21)25-22(28)17-7-9-18(10-8-17)34(30,31)27-12-5-6-13-27/h7-10,16H,4-6,11-15H2,1-3H3,(H,25,28)/p+1. The number of nitrogens with one attached hydrogen (secondary N) is 2. The van der Waals surface area contributed by atoms with Crippen LogP contribution in [0.2, 0.25) is 0 Å². The Balaban J connectivity index is 1.57. The van der Waals surface area contributed by atoms with Crippen molar-refractivity contribution in [2.75, 3.05) is 31.6 Å². The first kappa shape index (κ1) is 24.8. The quantitative estimate of drug-likeness (QED) is 0.562. The summed E-state index contributed by atoms with van der Waals surface area (Å²) in [7, 11) is -3.54. The highest BCUT2D eigenvalue weighted by Gasteiger charge is 2.32. The molecule has 1 aromatic carbocycles. The van der Waals surface area contributed by atoms with Gasteiger partial charge in [0.05, 0.1) is 34.5 Å². The third-order valence-electron chi connectivity index (χ3n) is 6.52. The minimum Gasteiger partial charge on any atom is -0.462 e. The molecule has 1 amide bonds. The van der Waals surface area contributed by atoms with Crippen molar-refractivity contribution in [3.8, 4) is 0 Å². The van der Waals surface area contributed by atoms with Crippen molar-refractivity contribution in [2.24, 2.45) is 0 Å². The molecule has 1 aromatic heterocycles. The minimum atomic E-state index is -3.54. The number of carbonyl (C=O) groups excluding carboxylic acids is 2. The Bertz CT molecular complexity index is 1170. The molecule has 0 spiro atoms. The van der Waals surface area contributed by atoms with Gasteiger partial charge in [-0.15, -0.1) is 11.3 Å². The van der Waals surface area contributed by atoms with Crippen LogP contribution in [0.4, 0.5) is 5.00 Å².